The second kappa shape index (κ2) is 8.49. The van der Waals surface area contributed by atoms with Crippen molar-refractivity contribution in [2.45, 2.75) is 0 Å². The van der Waals surface area contributed by atoms with E-state index >= 15 is 0 Å². The van der Waals surface area contributed by atoms with Gasteiger partial charge in [0.15, 0.2) is 0 Å². The summed E-state index contributed by atoms with van der Waals surface area (Å²) in [5.41, 5.74) is 1.39. The van der Waals surface area contributed by atoms with E-state index in [0.717, 1.165) is 12.1 Å². The lowest BCUT2D eigenvalue weighted by Gasteiger charge is -2.04. The van der Waals surface area contributed by atoms with Crippen LogP contribution < -0.4 is 4.80 Å². The predicted octanol–water partition coefficient (Wildman–Crippen LogP) is 4.37. The number of nitro benzene ring substituents is 1. The molecule has 1 aromatic heterocycles. The van der Waals surface area contributed by atoms with Crippen LogP contribution in [0, 0.1) is 21.7 Å². The maximum atomic E-state index is 13.9. The number of hydrogen-bond donors (Lipinski definition) is 0. The van der Waals surface area contributed by atoms with Crippen molar-refractivity contribution in [3.63, 3.8) is 0 Å². The number of non-ortho nitro benzene ring substituents is 1. The molecule has 0 atom stereocenters. The summed E-state index contributed by atoms with van der Waals surface area (Å²) in [6, 6.07) is 9.18. The Kier molecular flexibility index (Phi) is 5.85. The number of benzene rings is 2. The van der Waals surface area contributed by atoms with Crippen LogP contribution in [0.4, 0.5) is 14.5 Å². The minimum atomic E-state index is -0.735. The fraction of sp³-hybridized carbons (Fsp3) is 0.0526. The zero-order valence-corrected chi connectivity index (χ0v) is 15.3. The fourth-order valence-electron chi connectivity index (χ4n) is 2.34. The van der Waals surface area contributed by atoms with Gasteiger partial charge in [-0.05, 0) is 24.3 Å². The SMILES string of the molecule is C=CCN=c1scc(-c2ccc([N+](=O)[O-])cc2)n1N=Cc1ccc(F)cc1F. The highest BCUT2D eigenvalue weighted by molar-refractivity contribution is 7.07. The Hall–Kier alpha value is -3.46. The number of hydrogen-bond acceptors (Lipinski definition) is 5. The number of nitro groups is 1. The van der Waals surface area contributed by atoms with E-state index in [9.17, 15) is 18.9 Å². The van der Waals surface area contributed by atoms with Gasteiger partial charge in [0.05, 0.1) is 23.4 Å². The molecule has 0 saturated carbocycles. The smallest absolute Gasteiger partial charge is 0.258 e. The van der Waals surface area contributed by atoms with Crippen LogP contribution >= 0.6 is 11.3 Å². The molecule has 0 aliphatic carbocycles. The number of halogens is 2. The third-order valence-corrected chi connectivity index (χ3v) is 4.54. The summed E-state index contributed by atoms with van der Waals surface area (Å²) in [4.78, 5) is 15.3. The van der Waals surface area contributed by atoms with Crippen molar-refractivity contribution in [1.82, 2.24) is 4.68 Å². The fourth-order valence-corrected chi connectivity index (χ4v) is 3.19. The molecule has 0 amide bonds. The Labute approximate surface area is 162 Å². The highest BCUT2D eigenvalue weighted by Gasteiger charge is 2.10. The maximum absolute atomic E-state index is 13.9. The molecule has 0 aliphatic rings. The first-order valence-corrected chi connectivity index (χ1v) is 8.93. The number of nitrogens with zero attached hydrogens (tertiary/aromatic N) is 4. The Balaban J connectivity index is 2.07. The molecule has 0 unspecified atom stereocenters. The molecule has 1 heterocycles. The van der Waals surface area contributed by atoms with E-state index in [1.54, 1.807) is 23.6 Å². The van der Waals surface area contributed by atoms with E-state index in [1.165, 1.54) is 40.4 Å². The van der Waals surface area contributed by atoms with Crippen LogP contribution in [-0.4, -0.2) is 22.4 Å². The zero-order chi connectivity index (χ0) is 20.1. The van der Waals surface area contributed by atoms with Crippen molar-refractivity contribution < 1.29 is 13.7 Å². The lowest BCUT2D eigenvalue weighted by Crippen LogP contribution is -2.12. The van der Waals surface area contributed by atoms with Gasteiger partial charge < -0.3 is 0 Å². The van der Waals surface area contributed by atoms with Crippen molar-refractivity contribution in [1.29, 1.82) is 0 Å². The summed E-state index contributed by atoms with van der Waals surface area (Å²) in [6.07, 6.45) is 2.89. The molecule has 0 spiro atoms. The van der Waals surface area contributed by atoms with E-state index in [1.807, 2.05) is 0 Å². The first kappa shape index (κ1) is 19.3. The van der Waals surface area contributed by atoms with Crippen LogP contribution in [0.5, 0.6) is 0 Å². The van der Waals surface area contributed by atoms with Gasteiger partial charge in [0, 0.05) is 34.7 Å². The lowest BCUT2D eigenvalue weighted by molar-refractivity contribution is -0.384. The molecule has 3 rings (SSSR count). The summed E-state index contributed by atoms with van der Waals surface area (Å²) in [7, 11) is 0. The third kappa shape index (κ3) is 4.26. The predicted molar refractivity (Wildman–Crippen MR) is 104 cm³/mol. The van der Waals surface area contributed by atoms with Crippen LogP contribution in [0.15, 0.2) is 70.6 Å². The Morgan fingerprint density at radius 2 is 1.96 bits per heavy atom. The van der Waals surface area contributed by atoms with Gasteiger partial charge in [-0.3, -0.25) is 15.1 Å². The van der Waals surface area contributed by atoms with Crippen molar-refractivity contribution in [3.8, 4) is 11.3 Å². The monoisotopic (exact) mass is 400 g/mol. The third-order valence-electron chi connectivity index (χ3n) is 3.69. The average molecular weight is 400 g/mol. The van der Waals surface area contributed by atoms with Crippen molar-refractivity contribution >= 4 is 23.2 Å². The van der Waals surface area contributed by atoms with Gasteiger partial charge in [0.25, 0.3) is 5.69 Å². The topological polar surface area (TPSA) is 72.8 Å². The molecule has 9 heteroatoms. The Bertz CT molecular complexity index is 1120. The van der Waals surface area contributed by atoms with Crippen molar-refractivity contribution in [2.75, 3.05) is 6.54 Å². The van der Waals surface area contributed by atoms with E-state index in [2.05, 4.69) is 16.7 Å². The summed E-state index contributed by atoms with van der Waals surface area (Å²) in [5, 5.41) is 16.9. The zero-order valence-electron chi connectivity index (χ0n) is 14.5. The lowest BCUT2D eigenvalue weighted by atomic mass is 10.1. The first-order valence-electron chi connectivity index (χ1n) is 8.06. The minimum Gasteiger partial charge on any atom is -0.258 e. The molecule has 0 bridgehead atoms. The average Bonchev–Trinajstić information content (AvgIpc) is 3.08. The molecule has 0 aliphatic heterocycles. The van der Waals surface area contributed by atoms with Crippen molar-refractivity contribution in [2.24, 2.45) is 10.1 Å². The normalized spacial score (nSPS) is 11.9. The van der Waals surface area contributed by atoms with Gasteiger partial charge in [-0.15, -0.1) is 17.9 Å². The second-order valence-electron chi connectivity index (χ2n) is 5.56. The highest BCUT2D eigenvalue weighted by atomic mass is 32.1. The van der Waals surface area contributed by atoms with Crippen LogP contribution in [0.3, 0.4) is 0 Å². The number of thiazole rings is 1. The Morgan fingerprint density at radius 1 is 1.21 bits per heavy atom. The summed E-state index contributed by atoms with van der Waals surface area (Å²) >= 11 is 1.31. The highest BCUT2D eigenvalue weighted by Crippen LogP contribution is 2.23. The van der Waals surface area contributed by atoms with Gasteiger partial charge in [-0.25, -0.2) is 13.5 Å². The molecule has 0 fully saturated rings. The van der Waals surface area contributed by atoms with Crippen LogP contribution in [0.1, 0.15) is 5.56 Å². The van der Waals surface area contributed by atoms with Gasteiger partial charge in [0.2, 0.25) is 4.80 Å². The molecular weight excluding hydrogens is 386 g/mol. The summed E-state index contributed by atoms with van der Waals surface area (Å²) in [6.45, 7) is 3.99. The molecule has 6 nitrogen and oxygen atoms in total. The quantitative estimate of drug-likeness (QED) is 0.267. The van der Waals surface area contributed by atoms with Gasteiger partial charge in [0.1, 0.15) is 11.6 Å². The molecule has 0 radical (unpaired) electrons. The molecular formula is C19H14F2N4O2S. The second-order valence-corrected chi connectivity index (χ2v) is 6.40. The molecule has 0 N–H and O–H groups in total. The van der Waals surface area contributed by atoms with Crippen molar-refractivity contribution in [3.05, 3.63) is 92.6 Å². The number of aromatic nitrogens is 1. The van der Waals surface area contributed by atoms with Crippen LogP contribution in [-0.2, 0) is 0 Å². The van der Waals surface area contributed by atoms with E-state index < -0.39 is 16.6 Å². The van der Waals surface area contributed by atoms with Gasteiger partial charge >= 0.3 is 0 Å². The standard InChI is InChI=1S/C19H14F2N4O2S/c1-2-9-22-19-24(23-11-14-3-6-15(20)10-17(14)21)18(12-28-19)13-4-7-16(8-5-13)25(26)27/h2-8,10-12H,1,9H2. The maximum Gasteiger partial charge on any atom is 0.269 e. The van der Waals surface area contributed by atoms with E-state index in [4.69, 9.17) is 0 Å². The Morgan fingerprint density at radius 3 is 2.61 bits per heavy atom. The van der Waals surface area contributed by atoms with Crippen LogP contribution in [0.25, 0.3) is 11.3 Å². The molecule has 0 saturated heterocycles. The largest absolute Gasteiger partial charge is 0.269 e. The first-order chi connectivity index (χ1) is 13.5. The van der Waals surface area contributed by atoms with Crippen LogP contribution in [0.2, 0.25) is 0 Å². The van der Waals surface area contributed by atoms with E-state index in [-0.39, 0.29) is 11.3 Å². The molecule has 3 aromatic rings. The summed E-state index contributed by atoms with van der Waals surface area (Å²) < 4.78 is 28.5. The number of rotatable bonds is 6. The molecule has 2 aromatic carbocycles. The van der Waals surface area contributed by atoms with E-state index in [0.29, 0.717) is 22.6 Å². The summed E-state index contributed by atoms with van der Waals surface area (Å²) in [5.74, 6) is -1.41. The minimum absolute atomic E-state index is 0.0287. The van der Waals surface area contributed by atoms with Gasteiger partial charge in [-0.2, -0.15) is 5.10 Å². The van der Waals surface area contributed by atoms with Gasteiger partial charge in [-0.1, -0.05) is 6.08 Å². The molecule has 28 heavy (non-hydrogen) atoms. The molecule has 142 valence electrons.